The molecule has 0 saturated carbocycles. The Bertz CT molecular complexity index is 2030. The van der Waals surface area contributed by atoms with E-state index in [2.05, 4.69) is 0 Å². The van der Waals surface area contributed by atoms with Gasteiger partial charge in [-0.1, -0.05) is 84.9 Å². The van der Waals surface area contributed by atoms with Crippen molar-refractivity contribution in [3.05, 3.63) is 143 Å². The van der Waals surface area contributed by atoms with Gasteiger partial charge in [0.25, 0.3) is 23.6 Å². The number of nitrogens with zero attached hydrogens (tertiary/aromatic N) is 2. The molecule has 6 aromatic rings. The highest BCUT2D eigenvalue weighted by atomic mass is 16.2. The van der Waals surface area contributed by atoms with Crippen LogP contribution >= 0.6 is 0 Å². The van der Waals surface area contributed by atoms with Crippen molar-refractivity contribution in [2.75, 3.05) is 0 Å². The molecule has 6 heteroatoms. The molecule has 2 unspecified atom stereocenters. The van der Waals surface area contributed by atoms with E-state index < -0.39 is 35.7 Å². The molecule has 2 aliphatic rings. The first-order valence-corrected chi connectivity index (χ1v) is 14.7. The summed E-state index contributed by atoms with van der Waals surface area (Å²) in [6, 6.07) is 32.9. The third-order valence-corrected chi connectivity index (χ3v) is 9.28. The highest BCUT2D eigenvalue weighted by Crippen LogP contribution is 2.42. The van der Waals surface area contributed by atoms with Crippen LogP contribution in [0.25, 0.3) is 32.3 Å². The molecule has 2 aliphatic heterocycles. The van der Waals surface area contributed by atoms with E-state index in [0.717, 1.165) is 32.7 Å². The second kappa shape index (κ2) is 9.44. The molecule has 2 atom stereocenters. The highest BCUT2D eigenvalue weighted by Gasteiger charge is 2.42. The minimum atomic E-state index is -0.545. The van der Waals surface area contributed by atoms with Gasteiger partial charge in [0.1, 0.15) is 0 Å². The standard InChI is InChI=1S/C38H26N2O4/c1-21(25-15-7-11-23-9-3-5-13-27(23)25)39-35(41)29-17-19-31-34-32(20-18-30(33(29)34)36(39)42)38(44)40(37(31)43)22(2)26-16-8-12-24-10-4-6-14-28(24)26/h3-22H,1-2H3. The van der Waals surface area contributed by atoms with Gasteiger partial charge in [0, 0.05) is 33.0 Å². The van der Waals surface area contributed by atoms with Crippen molar-refractivity contribution in [3.8, 4) is 0 Å². The first kappa shape index (κ1) is 26.0. The molecule has 44 heavy (non-hydrogen) atoms. The van der Waals surface area contributed by atoms with E-state index in [9.17, 15) is 19.2 Å². The number of fused-ring (bicyclic) bond motifs is 2. The summed E-state index contributed by atoms with van der Waals surface area (Å²) < 4.78 is 0. The second-order valence-electron chi connectivity index (χ2n) is 11.5. The van der Waals surface area contributed by atoms with E-state index in [1.807, 2.05) is 98.8 Å². The van der Waals surface area contributed by atoms with Crippen molar-refractivity contribution in [1.82, 2.24) is 9.80 Å². The second-order valence-corrected chi connectivity index (χ2v) is 11.5. The van der Waals surface area contributed by atoms with Gasteiger partial charge in [-0.25, -0.2) is 0 Å². The highest BCUT2D eigenvalue weighted by molar-refractivity contribution is 6.33. The van der Waals surface area contributed by atoms with E-state index in [1.54, 1.807) is 24.3 Å². The smallest absolute Gasteiger partial charge is 0.261 e. The van der Waals surface area contributed by atoms with Crippen LogP contribution in [0, 0.1) is 0 Å². The van der Waals surface area contributed by atoms with Crippen LogP contribution in [-0.4, -0.2) is 33.4 Å². The molecule has 0 bridgehead atoms. The predicted molar refractivity (Wildman–Crippen MR) is 170 cm³/mol. The van der Waals surface area contributed by atoms with Gasteiger partial charge in [-0.2, -0.15) is 0 Å². The molecule has 2 heterocycles. The zero-order chi connectivity index (χ0) is 30.3. The van der Waals surface area contributed by atoms with Crippen LogP contribution in [0.2, 0.25) is 0 Å². The molecular weight excluding hydrogens is 548 g/mol. The van der Waals surface area contributed by atoms with Crippen molar-refractivity contribution < 1.29 is 19.2 Å². The van der Waals surface area contributed by atoms with Crippen LogP contribution in [0.15, 0.2) is 109 Å². The fourth-order valence-corrected chi connectivity index (χ4v) is 7.12. The third-order valence-electron chi connectivity index (χ3n) is 9.28. The summed E-state index contributed by atoms with van der Waals surface area (Å²) >= 11 is 0. The summed E-state index contributed by atoms with van der Waals surface area (Å²) in [6.07, 6.45) is 0. The monoisotopic (exact) mass is 574 g/mol. The first-order chi connectivity index (χ1) is 21.4. The van der Waals surface area contributed by atoms with Crippen LogP contribution in [0.3, 0.4) is 0 Å². The molecule has 212 valence electrons. The number of carbonyl (C=O) groups excluding carboxylic acids is 4. The van der Waals surface area contributed by atoms with Crippen molar-refractivity contribution in [2.45, 2.75) is 25.9 Å². The van der Waals surface area contributed by atoms with Crippen LogP contribution in [-0.2, 0) is 0 Å². The minimum absolute atomic E-state index is 0.309. The summed E-state index contributed by atoms with van der Waals surface area (Å²) in [6.45, 7) is 3.70. The van der Waals surface area contributed by atoms with Crippen LogP contribution in [0.4, 0.5) is 0 Å². The summed E-state index contributed by atoms with van der Waals surface area (Å²) in [5, 5.41) is 4.72. The molecule has 6 aromatic carbocycles. The molecule has 0 radical (unpaired) electrons. The molecule has 0 spiro atoms. The Morgan fingerprint density at radius 3 is 1.09 bits per heavy atom. The lowest BCUT2D eigenvalue weighted by Gasteiger charge is -2.36. The van der Waals surface area contributed by atoms with Crippen molar-refractivity contribution in [2.24, 2.45) is 0 Å². The van der Waals surface area contributed by atoms with Gasteiger partial charge in [0.2, 0.25) is 0 Å². The number of hydrogen-bond acceptors (Lipinski definition) is 4. The lowest BCUT2D eigenvalue weighted by atomic mass is 9.84. The Labute approximate surface area is 253 Å². The molecule has 0 aliphatic carbocycles. The van der Waals surface area contributed by atoms with Crippen LogP contribution < -0.4 is 0 Å². The van der Waals surface area contributed by atoms with Crippen molar-refractivity contribution >= 4 is 55.9 Å². The Morgan fingerprint density at radius 1 is 0.409 bits per heavy atom. The maximum absolute atomic E-state index is 14.1. The lowest BCUT2D eigenvalue weighted by molar-refractivity contribution is 0.0528. The number of hydrogen-bond donors (Lipinski definition) is 0. The number of rotatable bonds is 4. The molecule has 8 rings (SSSR count). The van der Waals surface area contributed by atoms with E-state index >= 15 is 0 Å². The quantitative estimate of drug-likeness (QED) is 0.201. The number of imide groups is 2. The third kappa shape index (κ3) is 3.48. The molecule has 0 saturated heterocycles. The summed E-state index contributed by atoms with van der Waals surface area (Å²) in [7, 11) is 0. The molecule has 4 amide bonds. The van der Waals surface area contributed by atoms with Crippen LogP contribution in [0.5, 0.6) is 0 Å². The van der Waals surface area contributed by atoms with Gasteiger partial charge >= 0.3 is 0 Å². The molecule has 0 aromatic heterocycles. The van der Waals surface area contributed by atoms with E-state index in [-0.39, 0.29) is 0 Å². The van der Waals surface area contributed by atoms with Crippen molar-refractivity contribution in [3.63, 3.8) is 0 Å². The Balaban J connectivity index is 1.24. The summed E-state index contributed by atoms with van der Waals surface area (Å²) in [4.78, 5) is 58.8. The van der Waals surface area contributed by atoms with E-state index in [1.165, 1.54) is 9.80 Å². The average molecular weight is 575 g/mol. The Morgan fingerprint density at radius 2 is 0.727 bits per heavy atom. The van der Waals surface area contributed by atoms with Crippen LogP contribution in [0.1, 0.15) is 78.5 Å². The molecule has 0 fully saturated rings. The normalized spacial score (nSPS) is 15.9. The van der Waals surface area contributed by atoms with E-state index in [0.29, 0.717) is 33.0 Å². The molecule has 0 N–H and O–H groups in total. The zero-order valence-electron chi connectivity index (χ0n) is 24.1. The first-order valence-electron chi connectivity index (χ1n) is 14.7. The lowest BCUT2D eigenvalue weighted by Crippen LogP contribution is -2.44. The number of benzene rings is 6. The maximum atomic E-state index is 14.1. The SMILES string of the molecule is CC(c1cccc2ccccc12)N1C(=O)c2ccc3c4c(ccc(c24)C1=O)C(=O)N(C(C)c1cccc2ccccc12)C3=O. The van der Waals surface area contributed by atoms with Gasteiger partial charge in [-0.15, -0.1) is 0 Å². The Hall–Kier alpha value is -5.62. The number of amides is 4. The van der Waals surface area contributed by atoms with Gasteiger partial charge in [-0.3, -0.25) is 29.0 Å². The van der Waals surface area contributed by atoms with Gasteiger partial charge in [0.15, 0.2) is 0 Å². The average Bonchev–Trinajstić information content (AvgIpc) is 3.05. The minimum Gasteiger partial charge on any atom is -0.269 e. The van der Waals surface area contributed by atoms with Gasteiger partial charge in [0.05, 0.1) is 12.1 Å². The number of carbonyl (C=O) groups is 4. The van der Waals surface area contributed by atoms with Gasteiger partial charge in [-0.05, 0) is 70.8 Å². The largest absolute Gasteiger partial charge is 0.269 e. The van der Waals surface area contributed by atoms with Gasteiger partial charge < -0.3 is 0 Å². The van der Waals surface area contributed by atoms with Crippen molar-refractivity contribution in [1.29, 1.82) is 0 Å². The topological polar surface area (TPSA) is 74.8 Å². The zero-order valence-corrected chi connectivity index (χ0v) is 24.1. The predicted octanol–water partition coefficient (Wildman–Crippen LogP) is 7.86. The molecular formula is C38H26N2O4. The van der Waals surface area contributed by atoms with E-state index in [4.69, 9.17) is 0 Å². The fourth-order valence-electron chi connectivity index (χ4n) is 7.12. The maximum Gasteiger partial charge on any atom is 0.261 e. The summed E-state index contributed by atoms with van der Waals surface area (Å²) in [5.41, 5.74) is 2.96. The fraction of sp³-hybridized carbons (Fsp3) is 0.105. The summed E-state index contributed by atoms with van der Waals surface area (Å²) in [5.74, 6) is -1.78. The molecule has 6 nitrogen and oxygen atoms in total. The Kier molecular flexibility index (Phi) is 5.59.